The number of allylic oxidation sites excluding steroid dienone is 2. The molecule has 2 rings (SSSR count). The first-order valence-electron chi connectivity index (χ1n) is 11.3. The average Bonchev–Trinajstić information content (AvgIpc) is 3.58. The molecule has 0 amide bonds. The third-order valence-corrected chi connectivity index (χ3v) is 6.69. The summed E-state index contributed by atoms with van der Waals surface area (Å²) in [6.07, 6.45) is 6.18. The van der Waals surface area contributed by atoms with Gasteiger partial charge in [-0.2, -0.15) is 0 Å². The number of hydrogen-bond donors (Lipinski definition) is 1. The van der Waals surface area contributed by atoms with Crippen LogP contribution < -0.4 is 0 Å². The fourth-order valence-corrected chi connectivity index (χ4v) is 4.51. The standard InChI is InChI=1S/C24H42O7/c1-9-17(26-5)16(4)22-23(30-22)20(25)14(2)11-10-12-15(3)21-18(27-6)13-19(28-7)24(29-8)31-21/h10-12,14,16-25H,9,13H2,1-8H3/b11-10+,15-12+/t14-,16+,17-,18+,19+,20+,21-,22+,23+,24+/m0/s1. The third-order valence-electron chi connectivity index (χ3n) is 6.69. The van der Waals surface area contributed by atoms with Gasteiger partial charge in [-0.3, -0.25) is 0 Å². The van der Waals surface area contributed by atoms with E-state index in [0.717, 1.165) is 12.0 Å². The van der Waals surface area contributed by atoms with Gasteiger partial charge < -0.3 is 33.5 Å². The van der Waals surface area contributed by atoms with Crippen LogP contribution in [0, 0.1) is 11.8 Å². The van der Waals surface area contributed by atoms with Gasteiger partial charge in [0.2, 0.25) is 0 Å². The summed E-state index contributed by atoms with van der Waals surface area (Å²) in [5.41, 5.74) is 1.03. The predicted octanol–water partition coefficient (Wildman–Crippen LogP) is 3.11. The van der Waals surface area contributed by atoms with Crippen LogP contribution in [0.4, 0.5) is 0 Å². The predicted molar refractivity (Wildman–Crippen MR) is 119 cm³/mol. The zero-order chi connectivity index (χ0) is 23.1. The molecule has 0 saturated carbocycles. The van der Waals surface area contributed by atoms with Crippen molar-refractivity contribution in [2.75, 3.05) is 28.4 Å². The summed E-state index contributed by atoms with van der Waals surface area (Å²) in [5.74, 6) is 0.219. The normalized spacial score (nSPS) is 35.7. The summed E-state index contributed by atoms with van der Waals surface area (Å²) >= 11 is 0. The Hall–Kier alpha value is -0.800. The Kier molecular flexibility index (Phi) is 10.6. The molecule has 0 aliphatic carbocycles. The highest BCUT2D eigenvalue weighted by Crippen LogP contribution is 2.37. The van der Waals surface area contributed by atoms with E-state index in [-0.39, 0.29) is 48.5 Å². The molecule has 0 spiro atoms. The number of epoxide rings is 1. The number of rotatable bonds is 12. The number of hydrogen-bond acceptors (Lipinski definition) is 7. The monoisotopic (exact) mass is 442 g/mol. The first-order chi connectivity index (χ1) is 14.8. The molecule has 0 aromatic rings. The number of aliphatic hydroxyl groups excluding tert-OH is 1. The van der Waals surface area contributed by atoms with Gasteiger partial charge in [-0.25, -0.2) is 0 Å². The summed E-state index contributed by atoms with van der Waals surface area (Å²) in [5, 5.41) is 10.7. The zero-order valence-corrected chi connectivity index (χ0v) is 20.3. The van der Waals surface area contributed by atoms with E-state index in [1.165, 1.54) is 0 Å². The highest BCUT2D eigenvalue weighted by molar-refractivity contribution is 5.18. The molecule has 0 bridgehead atoms. The van der Waals surface area contributed by atoms with Crippen molar-refractivity contribution >= 4 is 0 Å². The van der Waals surface area contributed by atoms with Crippen LogP contribution in [-0.4, -0.2) is 82.6 Å². The second-order valence-electron chi connectivity index (χ2n) is 8.70. The molecule has 2 aliphatic rings. The van der Waals surface area contributed by atoms with Crippen molar-refractivity contribution in [2.45, 2.75) is 89.6 Å². The molecule has 1 N–H and O–H groups in total. The molecule has 10 atom stereocenters. The van der Waals surface area contributed by atoms with E-state index >= 15 is 0 Å². The van der Waals surface area contributed by atoms with E-state index < -0.39 is 12.4 Å². The summed E-state index contributed by atoms with van der Waals surface area (Å²) in [4.78, 5) is 0. The van der Waals surface area contributed by atoms with Crippen LogP contribution in [0.2, 0.25) is 0 Å². The van der Waals surface area contributed by atoms with Gasteiger partial charge in [0.15, 0.2) is 6.29 Å². The lowest BCUT2D eigenvalue weighted by molar-refractivity contribution is -0.256. The van der Waals surface area contributed by atoms with Crippen molar-refractivity contribution in [2.24, 2.45) is 11.8 Å². The van der Waals surface area contributed by atoms with Crippen molar-refractivity contribution in [1.82, 2.24) is 0 Å². The lowest BCUT2D eigenvalue weighted by Crippen LogP contribution is -2.49. The molecule has 31 heavy (non-hydrogen) atoms. The summed E-state index contributed by atoms with van der Waals surface area (Å²) in [6, 6.07) is 0. The average molecular weight is 443 g/mol. The molecule has 7 nitrogen and oxygen atoms in total. The van der Waals surface area contributed by atoms with Crippen LogP contribution in [0.25, 0.3) is 0 Å². The van der Waals surface area contributed by atoms with Gasteiger partial charge in [0.05, 0.1) is 24.4 Å². The Balaban J connectivity index is 1.93. The molecule has 0 aromatic heterocycles. The van der Waals surface area contributed by atoms with Gasteiger partial charge in [-0.1, -0.05) is 39.0 Å². The van der Waals surface area contributed by atoms with Gasteiger partial charge in [0.25, 0.3) is 0 Å². The Bertz CT molecular complexity index is 588. The first-order valence-corrected chi connectivity index (χ1v) is 11.3. The van der Waals surface area contributed by atoms with E-state index in [2.05, 4.69) is 13.8 Å². The van der Waals surface area contributed by atoms with Crippen LogP contribution in [-0.2, 0) is 28.4 Å². The van der Waals surface area contributed by atoms with Crippen molar-refractivity contribution in [3.8, 4) is 0 Å². The van der Waals surface area contributed by atoms with Crippen LogP contribution >= 0.6 is 0 Å². The van der Waals surface area contributed by atoms with Crippen LogP contribution in [0.1, 0.15) is 40.5 Å². The number of ether oxygens (including phenoxy) is 6. The van der Waals surface area contributed by atoms with Crippen LogP contribution in [0.3, 0.4) is 0 Å². The molecule has 2 saturated heterocycles. The largest absolute Gasteiger partial charge is 0.390 e. The van der Waals surface area contributed by atoms with Gasteiger partial charge >= 0.3 is 0 Å². The maximum absolute atomic E-state index is 10.7. The van der Waals surface area contributed by atoms with E-state index in [1.807, 2.05) is 32.1 Å². The highest BCUT2D eigenvalue weighted by atomic mass is 16.7. The third kappa shape index (κ3) is 6.60. The van der Waals surface area contributed by atoms with Crippen LogP contribution in [0.5, 0.6) is 0 Å². The van der Waals surface area contributed by atoms with Crippen LogP contribution in [0.15, 0.2) is 23.8 Å². The molecular weight excluding hydrogens is 400 g/mol. The smallest absolute Gasteiger partial charge is 0.184 e. The summed E-state index contributed by atoms with van der Waals surface area (Å²) < 4.78 is 33.9. The van der Waals surface area contributed by atoms with E-state index in [0.29, 0.717) is 6.42 Å². The van der Waals surface area contributed by atoms with E-state index in [9.17, 15) is 5.11 Å². The van der Waals surface area contributed by atoms with Crippen molar-refractivity contribution < 1.29 is 33.5 Å². The van der Waals surface area contributed by atoms with E-state index in [1.54, 1.807) is 28.4 Å². The Morgan fingerprint density at radius 2 is 1.71 bits per heavy atom. The van der Waals surface area contributed by atoms with Crippen molar-refractivity contribution in [1.29, 1.82) is 0 Å². The van der Waals surface area contributed by atoms with Gasteiger partial charge in [-0.15, -0.1) is 0 Å². The molecular formula is C24H42O7. The summed E-state index contributed by atoms with van der Waals surface area (Å²) in [6.45, 7) is 8.24. The van der Waals surface area contributed by atoms with Crippen molar-refractivity contribution in [3.63, 3.8) is 0 Å². The maximum atomic E-state index is 10.7. The maximum Gasteiger partial charge on any atom is 0.184 e. The SMILES string of the molecule is CC[C@H](OC)[C@@H](C)[C@H]1O[C@@H]1[C@H](O)[C@@H](C)/C=C/C=C(\C)[C@@H]1O[C@@H](OC)[C@H](OC)C[C@H]1OC. The minimum atomic E-state index is -0.551. The summed E-state index contributed by atoms with van der Waals surface area (Å²) in [7, 11) is 6.68. The Morgan fingerprint density at radius 1 is 1.03 bits per heavy atom. The minimum Gasteiger partial charge on any atom is -0.390 e. The highest BCUT2D eigenvalue weighted by Gasteiger charge is 2.50. The molecule has 2 fully saturated rings. The first kappa shape index (κ1) is 26.5. The van der Waals surface area contributed by atoms with E-state index in [4.69, 9.17) is 28.4 Å². The van der Waals surface area contributed by atoms with Gasteiger partial charge in [0, 0.05) is 46.7 Å². The lowest BCUT2D eigenvalue weighted by atomic mass is 9.91. The molecule has 0 unspecified atom stereocenters. The van der Waals surface area contributed by atoms with Gasteiger partial charge in [0.1, 0.15) is 18.3 Å². The minimum absolute atomic E-state index is 0.0380. The number of aliphatic hydroxyl groups is 1. The lowest BCUT2D eigenvalue weighted by Gasteiger charge is -2.39. The Labute approximate surface area is 187 Å². The van der Waals surface area contributed by atoms with Gasteiger partial charge in [-0.05, 0) is 18.9 Å². The molecule has 2 heterocycles. The van der Waals surface area contributed by atoms with Crippen molar-refractivity contribution in [3.05, 3.63) is 23.8 Å². The fourth-order valence-electron chi connectivity index (χ4n) is 4.51. The number of methoxy groups -OCH3 is 4. The quantitative estimate of drug-likeness (QED) is 0.367. The molecule has 7 heteroatoms. The molecule has 2 aliphatic heterocycles. The topological polar surface area (TPSA) is 78.9 Å². The second kappa shape index (κ2) is 12.4. The molecule has 180 valence electrons. The molecule has 0 radical (unpaired) electrons. The fraction of sp³-hybridized carbons (Fsp3) is 0.833. The second-order valence-corrected chi connectivity index (χ2v) is 8.70. The molecule has 0 aromatic carbocycles. The zero-order valence-electron chi connectivity index (χ0n) is 20.3. The Morgan fingerprint density at radius 3 is 2.26 bits per heavy atom.